The Morgan fingerprint density at radius 1 is 1.35 bits per heavy atom. The van der Waals surface area contributed by atoms with Crippen LogP contribution >= 0.6 is 0 Å². The molecule has 0 spiro atoms. The van der Waals surface area contributed by atoms with E-state index in [9.17, 15) is 0 Å². The van der Waals surface area contributed by atoms with Crippen LogP contribution in [0.15, 0.2) is 10.6 Å². The second-order valence-electron chi connectivity index (χ2n) is 6.63. The van der Waals surface area contributed by atoms with Gasteiger partial charge in [0.1, 0.15) is 5.76 Å². The molecule has 4 heteroatoms. The molecule has 0 bridgehead atoms. The number of aryl methyl sites for hydroxylation is 1. The summed E-state index contributed by atoms with van der Waals surface area (Å²) < 4.78 is 5.58. The minimum absolute atomic E-state index is 0.656. The van der Waals surface area contributed by atoms with Crippen LogP contribution in [0.2, 0.25) is 0 Å². The first-order valence-electron chi connectivity index (χ1n) is 8.04. The number of oxazole rings is 1. The zero-order chi connectivity index (χ0) is 13.9. The van der Waals surface area contributed by atoms with Crippen LogP contribution in [0, 0.1) is 12.8 Å². The van der Waals surface area contributed by atoms with Crippen molar-refractivity contribution in [3.8, 4) is 0 Å². The lowest BCUT2D eigenvalue weighted by atomic mass is 10.1. The standard InChI is InChI=1S/C16H27N3O/c1-13-9-17-16(20-13)12-18(2)15-7-8-19(11-15)10-14-5-3-4-6-14/h9,14-15H,3-8,10-12H2,1-2H3/t15-/m0/s1. The fourth-order valence-electron chi connectivity index (χ4n) is 3.71. The predicted molar refractivity (Wildman–Crippen MR) is 79.5 cm³/mol. The Kier molecular flexibility index (Phi) is 4.41. The third-order valence-corrected chi connectivity index (χ3v) is 4.92. The van der Waals surface area contributed by atoms with Gasteiger partial charge in [-0.2, -0.15) is 0 Å². The van der Waals surface area contributed by atoms with Crippen molar-refractivity contribution in [2.45, 2.75) is 51.6 Å². The highest BCUT2D eigenvalue weighted by molar-refractivity contribution is 4.92. The molecular formula is C16H27N3O. The summed E-state index contributed by atoms with van der Waals surface area (Å²) in [5.41, 5.74) is 0. The molecule has 2 fully saturated rings. The molecule has 1 saturated heterocycles. The Labute approximate surface area is 122 Å². The number of nitrogens with zero attached hydrogens (tertiary/aromatic N) is 3. The van der Waals surface area contributed by atoms with Gasteiger partial charge in [0.2, 0.25) is 5.89 Å². The molecule has 4 nitrogen and oxygen atoms in total. The van der Waals surface area contributed by atoms with Crippen molar-refractivity contribution in [2.24, 2.45) is 5.92 Å². The minimum atomic E-state index is 0.656. The van der Waals surface area contributed by atoms with Gasteiger partial charge in [-0.25, -0.2) is 4.98 Å². The molecule has 20 heavy (non-hydrogen) atoms. The molecule has 0 radical (unpaired) electrons. The zero-order valence-corrected chi connectivity index (χ0v) is 12.8. The Morgan fingerprint density at radius 3 is 2.85 bits per heavy atom. The zero-order valence-electron chi connectivity index (χ0n) is 12.8. The Balaban J connectivity index is 1.46. The van der Waals surface area contributed by atoms with Gasteiger partial charge in [0.15, 0.2) is 0 Å². The monoisotopic (exact) mass is 277 g/mol. The van der Waals surface area contributed by atoms with Gasteiger partial charge in [-0.05, 0) is 45.7 Å². The van der Waals surface area contributed by atoms with Gasteiger partial charge >= 0.3 is 0 Å². The summed E-state index contributed by atoms with van der Waals surface area (Å²) in [6.07, 6.45) is 8.89. The number of rotatable bonds is 5. The van der Waals surface area contributed by atoms with E-state index in [2.05, 4.69) is 21.8 Å². The van der Waals surface area contributed by atoms with Crippen molar-refractivity contribution in [3.05, 3.63) is 17.8 Å². The van der Waals surface area contributed by atoms with Gasteiger partial charge < -0.3 is 9.32 Å². The lowest BCUT2D eigenvalue weighted by molar-refractivity contribution is 0.198. The molecule has 1 atom stereocenters. The van der Waals surface area contributed by atoms with Crippen molar-refractivity contribution in [2.75, 3.05) is 26.7 Å². The third kappa shape index (κ3) is 3.41. The molecular weight excluding hydrogens is 250 g/mol. The summed E-state index contributed by atoms with van der Waals surface area (Å²) >= 11 is 0. The molecule has 2 aliphatic rings. The van der Waals surface area contributed by atoms with Gasteiger partial charge in [0, 0.05) is 19.1 Å². The fourth-order valence-corrected chi connectivity index (χ4v) is 3.71. The summed E-state index contributed by atoms with van der Waals surface area (Å²) in [6, 6.07) is 0.656. The molecule has 1 saturated carbocycles. The van der Waals surface area contributed by atoms with Crippen LogP contribution in [-0.4, -0.2) is 47.5 Å². The molecule has 1 aromatic heterocycles. The van der Waals surface area contributed by atoms with Crippen molar-refractivity contribution in [1.29, 1.82) is 0 Å². The number of likely N-dealkylation sites (tertiary alicyclic amines) is 1. The van der Waals surface area contributed by atoms with Gasteiger partial charge in [-0.3, -0.25) is 4.90 Å². The molecule has 1 aliphatic heterocycles. The molecule has 0 aromatic carbocycles. The smallest absolute Gasteiger partial charge is 0.208 e. The first-order chi connectivity index (χ1) is 9.70. The van der Waals surface area contributed by atoms with Gasteiger partial charge in [-0.15, -0.1) is 0 Å². The van der Waals surface area contributed by atoms with Gasteiger partial charge in [0.05, 0.1) is 12.7 Å². The van der Waals surface area contributed by atoms with E-state index in [0.717, 1.165) is 24.1 Å². The molecule has 0 unspecified atom stereocenters. The van der Waals surface area contributed by atoms with E-state index in [0.29, 0.717) is 6.04 Å². The highest BCUT2D eigenvalue weighted by Gasteiger charge is 2.28. The number of likely N-dealkylation sites (N-methyl/N-ethyl adjacent to an activating group) is 1. The number of hydrogen-bond donors (Lipinski definition) is 0. The van der Waals surface area contributed by atoms with Gasteiger partial charge in [0.25, 0.3) is 0 Å². The minimum Gasteiger partial charge on any atom is -0.445 e. The molecule has 0 amide bonds. The third-order valence-electron chi connectivity index (χ3n) is 4.92. The average Bonchev–Trinajstić information content (AvgIpc) is 3.12. The summed E-state index contributed by atoms with van der Waals surface area (Å²) in [6.45, 7) is 6.58. The highest BCUT2D eigenvalue weighted by atomic mass is 16.4. The molecule has 112 valence electrons. The van der Waals surface area contributed by atoms with Crippen LogP contribution in [0.1, 0.15) is 43.8 Å². The molecule has 1 aromatic rings. The van der Waals surface area contributed by atoms with Gasteiger partial charge in [-0.1, -0.05) is 12.8 Å². The van der Waals surface area contributed by atoms with E-state index in [4.69, 9.17) is 4.42 Å². The predicted octanol–water partition coefficient (Wildman–Crippen LogP) is 2.68. The normalized spacial score (nSPS) is 25.1. The Morgan fingerprint density at radius 2 is 2.15 bits per heavy atom. The highest BCUT2D eigenvalue weighted by Crippen LogP contribution is 2.27. The van der Waals surface area contributed by atoms with Crippen molar-refractivity contribution >= 4 is 0 Å². The summed E-state index contributed by atoms with van der Waals surface area (Å²) in [4.78, 5) is 9.37. The maximum absolute atomic E-state index is 5.58. The maximum Gasteiger partial charge on any atom is 0.208 e. The van der Waals surface area contributed by atoms with Crippen LogP contribution in [0.3, 0.4) is 0 Å². The average molecular weight is 277 g/mol. The first kappa shape index (κ1) is 14.1. The van der Waals surface area contributed by atoms with Crippen LogP contribution in [0.25, 0.3) is 0 Å². The summed E-state index contributed by atoms with van der Waals surface area (Å²) in [5.74, 6) is 2.72. The van der Waals surface area contributed by atoms with Crippen LogP contribution in [0.4, 0.5) is 0 Å². The number of hydrogen-bond acceptors (Lipinski definition) is 4. The largest absolute Gasteiger partial charge is 0.445 e. The molecule has 2 heterocycles. The van der Waals surface area contributed by atoms with E-state index in [1.165, 1.54) is 51.7 Å². The second kappa shape index (κ2) is 6.27. The second-order valence-corrected chi connectivity index (χ2v) is 6.63. The van der Waals surface area contributed by atoms with Crippen LogP contribution in [0.5, 0.6) is 0 Å². The number of aromatic nitrogens is 1. The Hall–Kier alpha value is -0.870. The topological polar surface area (TPSA) is 32.5 Å². The lowest BCUT2D eigenvalue weighted by Gasteiger charge is -2.24. The lowest BCUT2D eigenvalue weighted by Crippen LogP contribution is -2.35. The van der Waals surface area contributed by atoms with E-state index in [1.54, 1.807) is 0 Å². The van der Waals surface area contributed by atoms with Crippen molar-refractivity contribution in [1.82, 2.24) is 14.8 Å². The van der Waals surface area contributed by atoms with E-state index in [-0.39, 0.29) is 0 Å². The van der Waals surface area contributed by atoms with Crippen LogP contribution in [-0.2, 0) is 6.54 Å². The van der Waals surface area contributed by atoms with Crippen molar-refractivity contribution < 1.29 is 4.42 Å². The molecule has 0 N–H and O–H groups in total. The van der Waals surface area contributed by atoms with E-state index < -0.39 is 0 Å². The van der Waals surface area contributed by atoms with E-state index in [1.807, 2.05) is 13.1 Å². The Bertz CT molecular complexity index is 425. The van der Waals surface area contributed by atoms with Crippen LogP contribution < -0.4 is 0 Å². The fraction of sp³-hybridized carbons (Fsp3) is 0.812. The first-order valence-corrected chi connectivity index (χ1v) is 8.04. The quantitative estimate of drug-likeness (QED) is 0.828. The summed E-state index contributed by atoms with van der Waals surface area (Å²) in [7, 11) is 2.20. The molecule has 3 rings (SSSR count). The SMILES string of the molecule is Cc1cnc(CN(C)[C@H]2CCN(CC3CCCC3)C2)o1. The molecule has 1 aliphatic carbocycles. The van der Waals surface area contributed by atoms with E-state index >= 15 is 0 Å². The maximum atomic E-state index is 5.58. The van der Waals surface area contributed by atoms with Crippen molar-refractivity contribution in [3.63, 3.8) is 0 Å². The summed E-state index contributed by atoms with van der Waals surface area (Å²) in [5, 5.41) is 0.